The Labute approximate surface area is 486 Å². The SMILES string of the molecule is CCCCCCCCCC(=O)OC[C@H](COP(=O)(O)OC[C@H](O)COP(=O)(O)OC[C@@H](COC(=O)CCCCCCCCCCC(C)C)OC(=O)CCCCCCCCCCC(C)CC)OC(=O)CCCCCCCCCC(C)C. The number of esters is 4. The first kappa shape index (κ1) is 78.1. The first-order valence-electron chi connectivity index (χ1n) is 31.9. The Morgan fingerprint density at radius 3 is 0.950 bits per heavy atom. The highest BCUT2D eigenvalue weighted by molar-refractivity contribution is 7.47. The number of rotatable bonds is 59. The van der Waals surface area contributed by atoms with Crippen LogP contribution in [0.5, 0.6) is 0 Å². The van der Waals surface area contributed by atoms with Gasteiger partial charge in [0.05, 0.1) is 26.4 Å². The maximum atomic E-state index is 12.9. The van der Waals surface area contributed by atoms with Gasteiger partial charge in [-0.05, 0) is 43.4 Å². The van der Waals surface area contributed by atoms with Crippen LogP contribution in [0.2, 0.25) is 0 Å². The van der Waals surface area contributed by atoms with E-state index in [1.807, 2.05) is 0 Å². The molecule has 0 fully saturated rings. The van der Waals surface area contributed by atoms with Crippen LogP contribution in [-0.2, 0) is 65.4 Å². The highest BCUT2D eigenvalue weighted by atomic mass is 31.2. The van der Waals surface area contributed by atoms with Crippen LogP contribution in [0.15, 0.2) is 0 Å². The Bertz CT molecular complexity index is 1600. The van der Waals surface area contributed by atoms with Gasteiger partial charge in [-0.25, -0.2) is 9.13 Å². The van der Waals surface area contributed by atoms with Crippen LogP contribution in [0.1, 0.15) is 292 Å². The third kappa shape index (κ3) is 54.0. The third-order valence-corrected chi connectivity index (χ3v) is 16.1. The van der Waals surface area contributed by atoms with Crippen LogP contribution in [0.3, 0.4) is 0 Å². The molecule has 0 saturated carbocycles. The van der Waals surface area contributed by atoms with Crippen LogP contribution < -0.4 is 0 Å². The van der Waals surface area contributed by atoms with Crippen molar-refractivity contribution in [1.82, 2.24) is 0 Å². The van der Waals surface area contributed by atoms with E-state index in [-0.39, 0.29) is 25.7 Å². The number of hydrogen-bond donors (Lipinski definition) is 3. The molecule has 3 unspecified atom stereocenters. The molecule has 6 atom stereocenters. The number of hydrogen-bond acceptors (Lipinski definition) is 15. The number of unbranched alkanes of at least 4 members (excludes halogenated alkanes) is 26. The maximum absolute atomic E-state index is 12.9. The van der Waals surface area contributed by atoms with Crippen LogP contribution >= 0.6 is 15.6 Å². The Hall–Kier alpha value is -1.94. The summed E-state index contributed by atoms with van der Waals surface area (Å²) in [6.07, 6.45) is 32.3. The van der Waals surface area contributed by atoms with Gasteiger partial charge in [-0.15, -0.1) is 0 Å². The lowest BCUT2D eigenvalue weighted by Crippen LogP contribution is -2.30. The second-order valence-corrected chi connectivity index (χ2v) is 26.2. The van der Waals surface area contributed by atoms with Crippen molar-refractivity contribution in [3.8, 4) is 0 Å². The number of phosphoric ester groups is 2. The summed E-state index contributed by atoms with van der Waals surface area (Å²) in [5.41, 5.74) is 0. The number of phosphoric acid groups is 2. The van der Waals surface area contributed by atoms with Crippen LogP contribution in [0.25, 0.3) is 0 Å². The summed E-state index contributed by atoms with van der Waals surface area (Å²) in [6.45, 7) is 11.6. The lowest BCUT2D eigenvalue weighted by molar-refractivity contribution is -0.161. The predicted molar refractivity (Wildman–Crippen MR) is 317 cm³/mol. The topological polar surface area (TPSA) is 237 Å². The number of aliphatic hydroxyl groups is 1. The molecule has 3 N–H and O–H groups in total. The molecular formula is C61H118O17P2. The van der Waals surface area contributed by atoms with E-state index >= 15 is 0 Å². The highest BCUT2D eigenvalue weighted by Gasteiger charge is 2.30. The molecule has 474 valence electrons. The summed E-state index contributed by atoms with van der Waals surface area (Å²) >= 11 is 0. The van der Waals surface area contributed by atoms with Gasteiger partial charge in [0.2, 0.25) is 0 Å². The van der Waals surface area contributed by atoms with E-state index in [0.29, 0.717) is 31.6 Å². The molecule has 80 heavy (non-hydrogen) atoms. The highest BCUT2D eigenvalue weighted by Crippen LogP contribution is 2.45. The Morgan fingerprint density at radius 2 is 0.637 bits per heavy atom. The molecule has 0 aromatic carbocycles. The zero-order valence-electron chi connectivity index (χ0n) is 51.5. The van der Waals surface area contributed by atoms with Crippen LogP contribution in [0.4, 0.5) is 0 Å². The van der Waals surface area contributed by atoms with E-state index in [2.05, 4.69) is 48.5 Å². The smallest absolute Gasteiger partial charge is 0.462 e. The molecule has 0 radical (unpaired) electrons. The minimum Gasteiger partial charge on any atom is -0.462 e. The summed E-state index contributed by atoms with van der Waals surface area (Å²) in [5, 5.41) is 10.5. The van der Waals surface area contributed by atoms with Gasteiger partial charge in [0.25, 0.3) is 0 Å². The summed E-state index contributed by atoms with van der Waals surface area (Å²) in [5.74, 6) is 0.0443. The second-order valence-electron chi connectivity index (χ2n) is 23.3. The zero-order chi connectivity index (χ0) is 59.5. The van der Waals surface area contributed by atoms with Crippen molar-refractivity contribution in [2.24, 2.45) is 17.8 Å². The van der Waals surface area contributed by atoms with Crippen LogP contribution in [-0.4, -0.2) is 96.7 Å². The van der Waals surface area contributed by atoms with E-state index in [1.165, 1.54) is 89.9 Å². The molecule has 0 saturated heterocycles. The van der Waals surface area contributed by atoms with E-state index in [1.54, 1.807) is 0 Å². The molecule has 17 nitrogen and oxygen atoms in total. The van der Waals surface area contributed by atoms with Gasteiger partial charge in [0.15, 0.2) is 12.2 Å². The average Bonchev–Trinajstić information content (AvgIpc) is 3.41. The fourth-order valence-electron chi connectivity index (χ4n) is 8.92. The van der Waals surface area contributed by atoms with E-state index < -0.39 is 97.5 Å². The number of carbonyl (C=O) groups excluding carboxylic acids is 4. The number of ether oxygens (including phenoxy) is 4. The summed E-state index contributed by atoms with van der Waals surface area (Å²) in [6, 6.07) is 0. The first-order chi connectivity index (χ1) is 38.3. The van der Waals surface area contributed by atoms with Crippen molar-refractivity contribution in [3.63, 3.8) is 0 Å². The Kier molecular flexibility index (Phi) is 51.3. The Balaban J connectivity index is 5.24. The zero-order valence-corrected chi connectivity index (χ0v) is 53.3. The van der Waals surface area contributed by atoms with Crippen molar-refractivity contribution in [2.45, 2.75) is 311 Å². The monoisotopic (exact) mass is 1180 g/mol. The molecular weight excluding hydrogens is 1070 g/mol. The van der Waals surface area contributed by atoms with Gasteiger partial charge in [-0.1, -0.05) is 241 Å². The minimum atomic E-state index is -4.94. The fourth-order valence-corrected chi connectivity index (χ4v) is 10.5. The lowest BCUT2D eigenvalue weighted by Gasteiger charge is -2.21. The predicted octanol–water partition coefficient (Wildman–Crippen LogP) is 16.3. The minimum absolute atomic E-state index is 0.102. The van der Waals surface area contributed by atoms with Crippen molar-refractivity contribution in [1.29, 1.82) is 0 Å². The molecule has 0 aromatic rings. The fraction of sp³-hybridized carbons (Fsp3) is 0.934. The molecule has 19 heteroatoms. The summed E-state index contributed by atoms with van der Waals surface area (Å²) < 4.78 is 67.8. The molecule has 0 bridgehead atoms. The largest absolute Gasteiger partial charge is 0.472 e. The van der Waals surface area contributed by atoms with Gasteiger partial charge in [-0.2, -0.15) is 0 Å². The summed E-state index contributed by atoms with van der Waals surface area (Å²) in [7, 11) is -9.88. The first-order valence-corrected chi connectivity index (χ1v) is 34.9. The van der Waals surface area contributed by atoms with Crippen molar-refractivity contribution in [3.05, 3.63) is 0 Å². The van der Waals surface area contributed by atoms with E-state index in [9.17, 15) is 43.2 Å². The molecule has 0 aliphatic carbocycles. The normalized spacial score (nSPS) is 14.8. The van der Waals surface area contributed by atoms with Gasteiger partial charge in [0.1, 0.15) is 19.3 Å². The molecule has 0 rings (SSSR count). The molecule has 0 amide bonds. The standard InChI is InChI=1S/C61H118O17P2/c1-8-10-11-12-18-28-35-42-58(63)71-48-56(78-61(66)45-38-31-24-17-20-26-33-40-53(5)6)50-75-79(67,68)73-46-55(62)47-74-80(69,70)76-51-57(49-72-59(64)43-36-29-22-15-13-19-25-32-39-52(3)4)77-60(65)44-37-30-23-16-14-21-27-34-41-54(7)9-2/h52-57,62H,8-51H2,1-7H3,(H,67,68)(H,69,70)/t54?,55-,56+,57+/m0/s1. The quantitative estimate of drug-likeness (QED) is 0.0222. The van der Waals surface area contributed by atoms with Gasteiger partial charge in [0, 0.05) is 25.7 Å². The number of aliphatic hydroxyl groups excluding tert-OH is 1. The number of carbonyl (C=O) groups is 4. The molecule has 0 aromatic heterocycles. The molecule has 0 aliphatic rings. The van der Waals surface area contributed by atoms with Crippen molar-refractivity contribution >= 4 is 39.5 Å². The van der Waals surface area contributed by atoms with E-state index in [0.717, 1.165) is 115 Å². The molecule has 0 heterocycles. The maximum Gasteiger partial charge on any atom is 0.472 e. The second kappa shape index (κ2) is 52.6. The van der Waals surface area contributed by atoms with E-state index in [4.69, 9.17) is 37.0 Å². The van der Waals surface area contributed by atoms with Crippen molar-refractivity contribution in [2.75, 3.05) is 39.6 Å². The van der Waals surface area contributed by atoms with Gasteiger partial charge in [-0.3, -0.25) is 37.3 Å². The van der Waals surface area contributed by atoms with Crippen LogP contribution in [0, 0.1) is 17.8 Å². The third-order valence-electron chi connectivity index (χ3n) is 14.2. The average molecular weight is 1190 g/mol. The molecule has 0 spiro atoms. The summed E-state index contributed by atoms with van der Waals surface area (Å²) in [4.78, 5) is 71.9. The van der Waals surface area contributed by atoms with Gasteiger partial charge >= 0.3 is 39.5 Å². The molecule has 0 aliphatic heterocycles. The van der Waals surface area contributed by atoms with Crippen molar-refractivity contribution < 1.29 is 80.2 Å². The lowest BCUT2D eigenvalue weighted by atomic mass is 9.99. The Morgan fingerprint density at radius 1 is 0.362 bits per heavy atom. The van der Waals surface area contributed by atoms with Gasteiger partial charge < -0.3 is 33.8 Å².